The van der Waals surface area contributed by atoms with Gasteiger partial charge in [-0.05, 0) is 38.0 Å². The maximum Gasteiger partial charge on any atom is 0.181 e. The first kappa shape index (κ1) is 12.5. The Hall–Kier alpha value is -1.96. The molecule has 0 saturated heterocycles. The number of nitrogens with zero attached hydrogens (tertiary/aromatic N) is 1. The van der Waals surface area contributed by atoms with Crippen molar-refractivity contribution in [2.24, 2.45) is 0 Å². The van der Waals surface area contributed by atoms with E-state index in [1.54, 1.807) is 0 Å². The second-order valence-electron chi connectivity index (χ2n) is 4.72. The highest BCUT2D eigenvalue weighted by Crippen LogP contribution is 2.18. The van der Waals surface area contributed by atoms with E-state index in [2.05, 4.69) is 11.6 Å². The molecule has 2 rings (SSSR count). The quantitative estimate of drug-likeness (QED) is 0.594. The normalized spacial score (nSPS) is 10.6. The van der Waals surface area contributed by atoms with E-state index >= 15 is 0 Å². The predicted octanol–water partition coefficient (Wildman–Crippen LogP) is 4.08. The van der Waals surface area contributed by atoms with E-state index in [1.165, 1.54) is 0 Å². The molecule has 0 aliphatic heterocycles. The lowest BCUT2D eigenvalue weighted by Gasteiger charge is -2.05. The van der Waals surface area contributed by atoms with Gasteiger partial charge in [0, 0.05) is 11.8 Å². The Morgan fingerprint density at radius 3 is 2.72 bits per heavy atom. The zero-order valence-electron chi connectivity index (χ0n) is 10.9. The van der Waals surface area contributed by atoms with Crippen LogP contribution in [0.3, 0.4) is 0 Å². The Bertz CT molecular complexity index is 614. The molecule has 1 aromatic carbocycles. The van der Waals surface area contributed by atoms with Gasteiger partial charge in [0.25, 0.3) is 0 Å². The van der Waals surface area contributed by atoms with Gasteiger partial charge in [0.2, 0.25) is 0 Å². The molecule has 92 valence electrons. The molecule has 1 heterocycles. The van der Waals surface area contributed by atoms with E-state index in [1.807, 2.05) is 44.2 Å². The Morgan fingerprint density at radius 1 is 1.28 bits per heavy atom. The minimum absolute atomic E-state index is 0.0897. The molecule has 18 heavy (non-hydrogen) atoms. The average Bonchev–Trinajstić information content (AvgIpc) is 2.36. The topological polar surface area (TPSA) is 30.0 Å². The first-order valence-electron chi connectivity index (χ1n) is 6.12. The van der Waals surface area contributed by atoms with Crippen molar-refractivity contribution < 1.29 is 4.79 Å². The minimum Gasteiger partial charge on any atom is -0.292 e. The van der Waals surface area contributed by atoms with Gasteiger partial charge >= 0.3 is 0 Å². The van der Waals surface area contributed by atoms with Crippen LogP contribution in [0.4, 0.5) is 0 Å². The number of ketones is 1. The van der Waals surface area contributed by atoms with E-state index in [0.717, 1.165) is 28.5 Å². The average molecular weight is 239 g/mol. The third-order valence-electron chi connectivity index (χ3n) is 2.99. The number of aromatic nitrogens is 1. The highest BCUT2D eigenvalue weighted by Gasteiger charge is 2.10. The summed E-state index contributed by atoms with van der Waals surface area (Å²) in [6.07, 6.45) is 1.21. The first-order valence-corrected chi connectivity index (χ1v) is 6.12. The summed E-state index contributed by atoms with van der Waals surface area (Å²) in [6, 6.07) is 9.78. The van der Waals surface area contributed by atoms with Crippen molar-refractivity contribution in [2.45, 2.75) is 26.7 Å². The molecule has 0 bridgehead atoms. The number of hydrogen-bond acceptors (Lipinski definition) is 2. The van der Waals surface area contributed by atoms with Crippen LogP contribution in [0.2, 0.25) is 0 Å². The van der Waals surface area contributed by atoms with Crippen molar-refractivity contribution in [3.8, 4) is 0 Å². The zero-order valence-corrected chi connectivity index (χ0v) is 10.9. The Kier molecular flexibility index (Phi) is 3.56. The van der Waals surface area contributed by atoms with Crippen LogP contribution in [0.1, 0.15) is 35.8 Å². The van der Waals surface area contributed by atoms with E-state index < -0.39 is 0 Å². The Balaban J connectivity index is 2.34. The molecular weight excluding hydrogens is 222 g/mol. The highest BCUT2D eigenvalue weighted by molar-refractivity contribution is 5.97. The summed E-state index contributed by atoms with van der Waals surface area (Å²) in [7, 11) is 0. The fraction of sp³-hybridized carbons (Fsp3) is 0.250. The van der Waals surface area contributed by atoms with Gasteiger partial charge in [-0.25, -0.2) is 4.98 Å². The van der Waals surface area contributed by atoms with Crippen molar-refractivity contribution in [1.29, 1.82) is 0 Å². The van der Waals surface area contributed by atoms with Crippen LogP contribution < -0.4 is 0 Å². The monoisotopic (exact) mass is 239 g/mol. The number of carbonyl (C=O) groups is 1. The number of allylic oxidation sites excluding steroid dienone is 1. The summed E-state index contributed by atoms with van der Waals surface area (Å²) < 4.78 is 0. The molecule has 0 aliphatic carbocycles. The number of fused-ring (bicyclic) bond motifs is 1. The second kappa shape index (κ2) is 5.13. The fourth-order valence-corrected chi connectivity index (χ4v) is 1.95. The molecular formula is C16H17NO. The number of pyridine rings is 1. The SMILES string of the molecule is C=C(C)CCC(=O)c1cc(C)c2ccccc2n1. The molecule has 2 nitrogen and oxygen atoms in total. The van der Waals surface area contributed by atoms with Gasteiger partial charge in [0.1, 0.15) is 5.69 Å². The third kappa shape index (κ3) is 2.65. The number of para-hydroxylation sites is 1. The van der Waals surface area contributed by atoms with E-state index in [4.69, 9.17) is 0 Å². The third-order valence-corrected chi connectivity index (χ3v) is 2.99. The summed E-state index contributed by atoms with van der Waals surface area (Å²) in [5.41, 5.74) is 3.57. The van der Waals surface area contributed by atoms with Crippen molar-refractivity contribution in [3.63, 3.8) is 0 Å². The van der Waals surface area contributed by atoms with Crippen LogP contribution in [0.25, 0.3) is 10.9 Å². The maximum atomic E-state index is 12.0. The van der Waals surface area contributed by atoms with Crippen LogP contribution in [-0.4, -0.2) is 10.8 Å². The summed E-state index contributed by atoms with van der Waals surface area (Å²) in [4.78, 5) is 16.5. The van der Waals surface area contributed by atoms with Gasteiger partial charge in [-0.2, -0.15) is 0 Å². The molecule has 0 amide bonds. The molecule has 2 aromatic rings. The van der Waals surface area contributed by atoms with Crippen molar-refractivity contribution in [3.05, 3.63) is 53.7 Å². The lowest BCUT2D eigenvalue weighted by atomic mass is 10.0. The molecule has 2 heteroatoms. The molecule has 0 saturated carbocycles. The first-order chi connectivity index (χ1) is 8.58. The molecule has 0 spiro atoms. The summed E-state index contributed by atoms with van der Waals surface area (Å²) >= 11 is 0. The Labute approximate surface area is 107 Å². The standard InChI is InChI=1S/C16H17NO/c1-11(2)8-9-16(18)15-10-12(3)13-6-4-5-7-14(13)17-15/h4-7,10H,1,8-9H2,2-3H3. The Morgan fingerprint density at radius 2 is 2.00 bits per heavy atom. The molecule has 0 N–H and O–H groups in total. The molecule has 0 unspecified atom stereocenters. The largest absolute Gasteiger partial charge is 0.292 e. The lowest BCUT2D eigenvalue weighted by Crippen LogP contribution is -2.03. The van der Waals surface area contributed by atoms with Crippen LogP contribution in [-0.2, 0) is 0 Å². The number of Topliss-reactive ketones (excluding diaryl/α,β-unsaturated/α-hetero) is 1. The zero-order chi connectivity index (χ0) is 13.1. The number of aryl methyl sites for hydroxylation is 1. The van der Waals surface area contributed by atoms with E-state index in [9.17, 15) is 4.79 Å². The summed E-state index contributed by atoms with van der Waals surface area (Å²) in [5, 5.41) is 1.11. The number of benzene rings is 1. The molecule has 0 radical (unpaired) electrons. The van der Waals surface area contributed by atoms with Crippen LogP contribution >= 0.6 is 0 Å². The van der Waals surface area contributed by atoms with Gasteiger partial charge < -0.3 is 0 Å². The number of rotatable bonds is 4. The van der Waals surface area contributed by atoms with Gasteiger partial charge in [0.05, 0.1) is 5.52 Å². The minimum atomic E-state index is 0.0897. The molecule has 1 aromatic heterocycles. The molecule has 0 atom stereocenters. The lowest BCUT2D eigenvalue weighted by molar-refractivity contribution is 0.0978. The smallest absolute Gasteiger partial charge is 0.181 e. The number of hydrogen-bond donors (Lipinski definition) is 0. The molecule has 0 aliphatic rings. The van der Waals surface area contributed by atoms with Gasteiger partial charge in [0.15, 0.2) is 5.78 Å². The van der Waals surface area contributed by atoms with Gasteiger partial charge in [-0.1, -0.05) is 23.8 Å². The van der Waals surface area contributed by atoms with Crippen molar-refractivity contribution >= 4 is 16.7 Å². The predicted molar refractivity (Wildman–Crippen MR) is 74.9 cm³/mol. The fourth-order valence-electron chi connectivity index (χ4n) is 1.95. The van der Waals surface area contributed by atoms with Crippen LogP contribution in [0, 0.1) is 6.92 Å². The van der Waals surface area contributed by atoms with Crippen molar-refractivity contribution in [1.82, 2.24) is 4.98 Å². The van der Waals surface area contributed by atoms with Gasteiger partial charge in [-0.3, -0.25) is 4.79 Å². The van der Waals surface area contributed by atoms with Crippen LogP contribution in [0.15, 0.2) is 42.5 Å². The molecule has 0 fully saturated rings. The van der Waals surface area contributed by atoms with Crippen LogP contribution in [0.5, 0.6) is 0 Å². The maximum absolute atomic E-state index is 12.0. The van der Waals surface area contributed by atoms with Crippen molar-refractivity contribution in [2.75, 3.05) is 0 Å². The number of carbonyl (C=O) groups excluding carboxylic acids is 1. The summed E-state index contributed by atoms with van der Waals surface area (Å²) in [6.45, 7) is 7.77. The second-order valence-corrected chi connectivity index (χ2v) is 4.72. The van der Waals surface area contributed by atoms with Gasteiger partial charge in [-0.15, -0.1) is 6.58 Å². The van der Waals surface area contributed by atoms with E-state index in [-0.39, 0.29) is 5.78 Å². The van der Waals surface area contributed by atoms with E-state index in [0.29, 0.717) is 12.1 Å². The highest BCUT2D eigenvalue weighted by atomic mass is 16.1. The summed E-state index contributed by atoms with van der Waals surface area (Å²) in [5.74, 6) is 0.0897.